The molecule has 0 aromatic heterocycles. The third-order valence-corrected chi connectivity index (χ3v) is 0. The third-order valence-electron chi connectivity index (χ3n) is 0. The first kappa shape index (κ1) is 15.8. The van der Waals surface area contributed by atoms with Gasteiger partial charge in [0.15, 0.2) is 0 Å². The van der Waals surface area contributed by atoms with Crippen molar-refractivity contribution in [3.8, 4) is 0 Å². The summed E-state index contributed by atoms with van der Waals surface area (Å²) in [5, 5.41) is 0. The fourth-order valence-electron chi connectivity index (χ4n) is 0. The van der Waals surface area contributed by atoms with E-state index in [1.54, 1.807) is 0 Å². The molecule has 0 aromatic carbocycles. The Labute approximate surface area is 48.8 Å². The minimum atomic E-state index is -5.14. The standard InChI is InChI=1S/2NO.H3O4P/c2*1-2;1-5(2,3)4/h;;(H3,1,2,3,4)/q2*+1;/p-2. The normalized spacial score (nSPS) is 7.00. The SMILES string of the molecule is N#[O+].N#[O+].O=P([O-])([O-])O. The average Bonchev–Trinajstić information content (AvgIpc) is 1.72. The van der Waals surface area contributed by atoms with E-state index in [2.05, 4.69) is 0 Å². The van der Waals surface area contributed by atoms with Crippen LogP contribution in [0.3, 0.4) is 0 Å². The predicted molar refractivity (Wildman–Crippen MR) is 14.6 cm³/mol. The second-order valence-electron chi connectivity index (χ2n) is 0.469. The Bertz CT molecular complexity index is 103. The molecule has 0 heterocycles. The van der Waals surface area contributed by atoms with Crippen molar-refractivity contribution < 1.29 is 28.8 Å². The summed E-state index contributed by atoms with van der Waals surface area (Å²) >= 11 is 0. The smallest absolute Gasteiger partial charge is 0.0557 e. The van der Waals surface area contributed by atoms with Gasteiger partial charge < -0.3 is 19.2 Å². The Morgan fingerprint density at radius 1 is 1.22 bits per heavy atom. The van der Waals surface area contributed by atoms with Gasteiger partial charge >= 0.3 is 20.5 Å². The summed E-state index contributed by atoms with van der Waals surface area (Å²) in [6.07, 6.45) is 0. The van der Waals surface area contributed by atoms with Crippen molar-refractivity contribution in [1.82, 2.24) is 0 Å². The van der Waals surface area contributed by atoms with Crippen LogP contribution in [0.25, 0.3) is 0 Å². The van der Waals surface area contributed by atoms with Crippen molar-refractivity contribution >= 4 is 7.82 Å². The Hall–Kier alpha value is -0.550. The minimum Gasteiger partial charge on any atom is -0.790 e. The minimum absolute atomic E-state index is 5.14. The fraction of sp³-hybridized carbons (Fsp3) is 0. The van der Waals surface area contributed by atoms with Crippen LogP contribution in [0.1, 0.15) is 0 Å². The summed E-state index contributed by atoms with van der Waals surface area (Å²) in [6.45, 7) is 0. The number of nitrogens with zero attached hydrogens (tertiary/aromatic N) is 2. The second-order valence-corrected chi connectivity index (χ2v) is 1.41. The molecule has 1 N–H and O–H groups in total. The molecule has 0 spiro atoms. The van der Waals surface area contributed by atoms with E-state index in [4.69, 9.17) is 39.7 Å². The first-order chi connectivity index (χ1) is 4.00. The van der Waals surface area contributed by atoms with Gasteiger partial charge in [-0.2, -0.15) is 0 Å². The van der Waals surface area contributed by atoms with Gasteiger partial charge in [-0.15, -0.1) is 0 Å². The van der Waals surface area contributed by atoms with Crippen molar-refractivity contribution in [2.24, 2.45) is 0 Å². The van der Waals surface area contributed by atoms with Crippen LogP contribution in [-0.2, 0) is 14.1 Å². The van der Waals surface area contributed by atoms with Crippen LogP contribution in [0, 0.1) is 10.9 Å². The van der Waals surface area contributed by atoms with Crippen molar-refractivity contribution in [3.63, 3.8) is 0 Å². The molecule has 0 rings (SSSR count). The predicted octanol–water partition coefficient (Wildman–Crippen LogP) is -2.40. The summed E-state index contributed by atoms with van der Waals surface area (Å²) < 4.78 is 23.2. The van der Waals surface area contributed by atoms with Gasteiger partial charge in [-0.3, -0.25) is 0 Å². The van der Waals surface area contributed by atoms with Gasteiger partial charge in [0.2, 0.25) is 0 Å². The molecule has 0 aliphatic heterocycles. The Morgan fingerprint density at radius 2 is 1.22 bits per heavy atom. The van der Waals surface area contributed by atoms with Gasteiger partial charge in [-0.25, -0.2) is 0 Å². The van der Waals surface area contributed by atoms with Gasteiger partial charge in [0.1, 0.15) is 0 Å². The monoisotopic (exact) mass is 156 g/mol. The summed E-state index contributed by atoms with van der Waals surface area (Å²) in [6, 6.07) is 0. The molecule has 0 radical (unpaired) electrons. The van der Waals surface area contributed by atoms with Gasteiger partial charge in [0.05, 0.1) is 7.82 Å². The quantitative estimate of drug-likeness (QED) is 0.302. The summed E-state index contributed by atoms with van der Waals surface area (Å²) in [5.41, 5.74) is 11.5. The van der Waals surface area contributed by atoms with E-state index in [1.165, 1.54) is 0 Å². The molecule has 9 heteroatoms. The molecule has 9 heavy (non-hydrogen) atoms. The van der Waals surface area contributed by atoms with E-state index in [-0.39, 0.29) is 0 Å². The maximum absolute atomic E-state index is 8.66. The largest absolute Gasteiger partial charge is 0.790 e. The third kappa shape index (κ3) is 732. The molecule has 0 atom stereocenters. The van der Waals surface area contributed by atoms with Crippen molar-refractivity contribution in [2.45, 2.75) is 0 Å². The first-order valence-corrected chi connectivity index (χ1v) is 2.61. The summed E-state index contributed by atoms with van der Waals surface area (Å²) in [5.74, 6) is 0. The molecular weight excluding hydrogens is 155 g/mol. The van der Waals surface area contributed by atoms with E-state index in [1.807, 2.05) is 0 Å². The molecule has 8 nitrogen and oxygen atoms in total. The zero-order chi connectivity index (χ0) is 8.50. The molecule has 0 aliphatic carbocycles. The van der Waals surface area contributed by atoms with Gasteiger partial charge in [0, 0.05) is 0 Å². The molecule has 0 amide bonds. The molecule has 0 bridgehead atoms. The molecular formula is HN2O6P. The second kappa shape index (κ2) is 10.4. The van der Waals surface area contributed by atoms with Crippen molar-refractivity contribution in [2.75, 3.05) is 0 Å². The van der Waals surface area contributed by atoms with E-state index in [9.17, 15) is 0 Å². The maximum atomic E-state index is 8.66. The molecule has 0 fully saturated rings. The van der Waals surface area contributed by atoms with Gasteiger partial charge in [-0.05, 0) is 0 Å². The van der Waals surface area contributed by atoms with Crippen LogP contribution in [0.2, 0.25) is 0 Å². The number of rotatable bonds is 0. The molecule has 52 valence electrons. The molecule has 0 aromatic rings. The van der Waals surface area contributed by atoms with E-state index >= 15 is 0 Å². The van der Waals surface area contributed by atoms with Crippen LogP contribution < -0.4 is 9.79 Å². The number of hydrogen-bond acceptors (Lipinski definition) is 5. The van der Waals surface area contributed by atoms with E-state index in [0.29, 0.717) is 0 Å². The van der Waals surface area contributed by atoms with Gasteiger partial charge in [0.25, 0.3) is 0 Å². The maximum Gasteiger partial charge on any atom is 0.0557 e. The Kier molecular flexibility index (Phi) is 18.3. The van der Waals surface area contributed by atoms with Crippen LogP contribution in [0.4, 0.5) is 0 Å². The van der Waals surface area contributed by atoms with Crippen LogP contribution >= 0.6 is 7.82 Å². The molecule has 0 unspecified atom stereocenters. The van der Waals surface area contributed by atoms with Crippen LogP contribution in [-0.4, -0.2) is 4.89 Å². The van der Waals surface area contributed by atoms with E-state index in [0.717, 1.165) is 0 Å². The van der Waals surface area contributed by atoms with Crippen LogP contribution in [0.5, 0.6) is 0 Å². The van der Waals surface area contributed by atoms with Crippen molar-refractivity contribution in [3.05, 3.63) is 0 Å². The van der Waals surface area contributed by atoms with Crippen molar-refractivity contribution in [1.29, 1.82) is 10.9 Å². The summed E-state index contributed by atoms with van der Waals surface area (Å²) in [7, 11) is -5.14. The fourth-order valence-corrected chi connectivity index (χ4v) is 0. The number of phosphoric acid groups is 1. The van der Waals surface area contributed by atoms with E-state index < -0.39 is 7.82 Å². The zero-order valence-electron chi connectivity index (χ0n) is 3.83. The number of hydrogen-bond donors (Lipinski definition) is 1. The Balaban J connectivity index is -0.0000000771. The van der Waals surface area contributed by atoms with Crippen LogP contribution in [0.15, 0.2) is 0 Å². The first-order valence-electron chi connectivity index (χ1n) is 1.11. The molecule has 0 aliphatic rings. The summed E-state index contributed by atoms with van der Waals surface area (Å²) in [4.78, 5) is 24.3. The average molecular weight is 156 g/mol. The Morgan fingerprint density at radius 3 is 1.22 bits per heavy atom. The van der Waals surface area contributed by atoms with Gasteiger partial charge in [-0.1, -0.05) is 0 Å². The molecule has 0 saturated carbocycles. The molecule has 0 saturated heterocycles. The topological polar surface area (TPSA) is 171 Å². The zero-order valence-corrected chi connectivity index (χ0v) is 4.72.